The van der Waals surface area contributed by atoms with Gasteiger partial charge in [-0.25, -0.2) is 0 Å². The number of carbonyl (C=O) groups excluding carboxylic acids is 1. The van der Waals surface area contributed by atoms with Gasteiger partial charge in [-0.3, -0.25) is 4.79 Å². The van der Waals surface area contributed by atoms with Crippen molar-refractivity contribution >= 4 is 19.9 Å². The molecule has 0 saturated carbocycles. The summed E-state index contributed by atoms with van der Waals surface area (Å²) < 4.78 is 13.6. The third kappa shape index (κ3) is 2.24. The summed E-state index contributed by atoms with van der Waals surface area (Å²) in [7, 11) is -1.90. The number of anilines is 1. The molecule has 4 fully saturated rings. The summed E-state index contributed by atoms with van der Waals surface area (Å²) in [5.74, 6) is 0.173. The highest BCUT2D eigenvalue weighted by molar-refractivity contribution is 6.74. The number of rotatable bonds is 4. The molecule has 0 aliphatic carbocycles. The zero-order valence-electron chi connectivity index (χ0n) is 20.5. The van der Waals surface area contributed by atoms with Crippen LogP contribution in [0, 0.1) is 16.7 Å². The summed E-state index contributed by atoms with van der Waals surface area (Å²) in [5, 5.41) is 14.4. The van der Waals surface area contributed by atoms with Gasteiger partial charge in [-0.05, 0) is 49.0 Å². The summed E-state index contributed by atoms with van der Waals surface area (Å²) in [6, 6.07) is 10.9. The van der Waals surface area contributed by atoms with Crippen LogP contribution in [0.2, 0.25) is 18.1 Å². The topological polar surface area (TPSA) is 74.6 Å². The molecular weight excluding hydrogens is 430 g/mol. The van der Waals surface area contributed by atoms with Crippen molar-refractivity contribution in [1.29, 1.82) is 5.26 Å². The second-order valence-electron chi connectivity index (χ2n) is 12.5. The van der Waals surface area contributed by atoms with E-state index < -0.39 is 19.6 Å². The Kier molecular flexibility index (Phi) is 4.07. The largest absolute Gasteiger partial charge is 0.417 e. The Hall–Kier alpha value is -1.88. The molecule has 1 N–H and O–H groups in total. The standard InChI is InChI=1S/C26H35N3O3Si/c1-22(2,3)33(4,5)31-15-13-23-11-10-20(30)29-14-12-25-18-8-6-7-9-19(18)28-21(25)24(16-23,17-27)32-26(23,25)29/h6-9,21,28H,10-16H2,1-5H3/t21-,23+,24-,25-,26-/m1/s1. The van der Waals surface area contributed by atoms with Crippen LogP contribution in [0.15, 0.2) is 24.3 Å². The lowest BCUT2D eigenvalue weighted by atomic mass is 9.49. The molecule has 5 heterocycles. The van der Waals surface area contributed by atoms with Gasteiger partial charge in [-0.2, -0.15) is 5.26 Å². The van der Waals surface area contributed by atoms with Crippen LogP contribution >= 0.6 is 0 Å². The number of hydrogen-bond acceptors (Lipinski definition) is 5. The van der Waals surface area contributed by atoms with Crippen molar-refractivity contribution < 1.29 is 14.0 Å². The van der Waals surface area contributed by atoms with E-state index in [1.807, 2.05) is 11.0 Å². The van der Waals surface area contributed by atoms with Gasteiger partial charge in [0.05, 0.1) is 11.5 Å². The van der Waals surface area contributed by atoms with E-state index in [-0.39, 0.29) is 27.8 Å². The summed E-state index contributed by atoms with van der Waals surface area (Å²) in [5.41, 5.74) is -0.0436. The summed E-state index contributed by atoms with van der Waals surface area (Å²) >= 11 is 0. The lowest BCUT2D eigenvalue weighted by Gasteiger charge is -2.57. The molecule has 33 heavy (non-hydrogen) atoms. The number of nitrogens with one attached hydrogen (secondary N) is 1. The molecule has 5 aliphatic heterocycles. The number of piperidine rings is 1. The number of benzene rings is 1. The molecule has 5 aliphatic rings. The second-order valence-corrected chi connectivity index (χ2v) is 17.3. The smallest absolute Gasteiger partial charge is 0.224 e. The van der Waals surface area contributed by atoms with E-state index in [1.54, 1.807) is 0 Å². The summed E-state index contributed by atoms with van der Waals surface area (Å²) in [6.45, 7) is 12.7. The lowest BCUT2D eigenvalue weighted by molar-refractivity contribution is -0.206. The number of fused-ring (bicyclic) bond motifs is 3. The first-order valence-corrected chi connectivity index (χ1v) is 15.3. The lowest BCUT2D eigenvalue weighted by Crippen LogP contribution is -2.70. The minimum absolute atomic E-state index is 0.127. The van der Waals surface area contributed by atoms with E-state index in [0.29, 0.717) is 26.0 Å². The van der Waals surface area contributed by atoms with Crippen LogP contribution < -0.4 is 5.32 Å². The molecule has 0 unspecified atom stereocenters. The Morgan fingerprint density at radius 3 is 2.79 bits per heavy atom. The van der Waals surface area contributed by atoms with E-state index in [2.05, 4.69) is 63.5 Å². The first-order chi connectivity index (χ1) is 15.5. The van der Waals surface area contributed by atoms with Crippen molar-refractivity contribution in [1.82, 2.24) is 4.90 Å². The molecule has 5 atom stereocenters. The zero-order chi connectivity index (χ0) is 23.5. The average Bonchev–Trinajstić information content (AvgIpc) is 3.43. The Bertz CT molecular complexity index is 1090. The molecule has 176 valence electrons. The maximum absolute atomic E-state index is 13.3. The van der Waals surface area contributed by atoms with Crippen LogP contribution in [0.3, 0.4) is 0 Å². The van der Waals surface area contributed by atoms with Crippen LogP contribution in [0.4, 0.5) is 5.69 Å². The maximum Gasteiger partial charge on any atom is 0.224 e. The molecule has 6 rings (SSSR count). The number of carbonyl (C=O) groups is 1. The third-order valence-corrected chi connectivity index (χ3v) is 14.7. The fraction of sp³-hybridized carbons (Fsp3) is 0.692. The minimum Gasteiger partial charge on any atom is -0.417 e. The highest BCUT2D eigenvalue weighted by atomic mass is 28.4. The molecule has 6 nitrogen and oxygen atoms in total. The maximum atomic E-state index is 13.3. The molecular formula is C26H35N3O3Si. The molecule has 0 aromatic heterocycles. The quantitative estimate of drug-likeness (QED) is 0.661. The average molecular weight is 466 g/mol. The Labute approximate surface area is 197 Å². The first kappa shape index (κ1) is 21.6. The van der Waals surface area contributed by atoms with Gasteiger partial charge in [-0.1, -0.05) is 39.0 Å². The van der Waals surface area contributed by atoms with E-state index in [4.69, 9.17) is 9.16 Å². The number of para-hydroxylation sites is 1. The predicted octanol–water partition coefficient (Wildman–Crippen LogP) is 4.54. The molecule has 2 spiro atoms. The Morgan fingerprint density at radius 2 is 2.06 bits per heavy atom. The van der Waals surface area contributed by atoms with Gasteiger partial charge >= 0.3 is 0 Å². The van der Waals surface area contributed by atoms with Gasteiger partial charge in [0.15, 0.2) is 19.6 Å². The molecule has 2 bridgehead atoms. The van der Waals surface area contributed by atoms with Crippen molar-refractivity contribution in [2.24, 2.45) is 5.41 Å². The number of nitriles is 1. The van der Waals surface area contributed by atoms with E-state index in [0.717, 1.165) is 24.9 Å². The van der Waals surface area contributed by atoms with Crippen molar-refractivity contribution in [3.8, 4) is 6.07 Å². The second kappa shape index (κ2) is 6.21. The van der Waals surface area contributed by atoms with Gasteiger partial charge in [-0.15, -0.1) is 0 Å². The fourth-order valence-corrected chi connectivity index (χ4v) is 8.87. The molecule has 1 amide bonds. The van der Waals surface area contributed by atoms with Crippen molar-refractivity contribution in [3.05, 3.63) is 29.8 Å². The normalized spacial score (nSPS) is 40.3. The summed E-state index contributed by atoms with van der Waals surface area (Å²) in [4.78, 5) is 15.3. The Morgan fingerprint density at radius 1 is 1.30 bits per heavy atom. The molecule has 4 saturated heterocycles. The molecule has 1 aromatic carbocycles. The van der Waals surface area contributed by atoms with Crippen molar-refractivity contribution in [3.63, 3.8) is 0 Å². The van der Waals surface area contributed by atoms with Crippen molar-refractivity contribution in [2.45, 2.75) is 93.8 Å². The van der Waals surface area contributed by atoms with Gasteiger partial charge in [0.25, 0.3) is 0 Å². The van der Waals surface area contributed by atoms with Crippen LogP contribution in [-0.4, -0.2) is 49.6 Å². The number of amides is 1. The van der Waals surface area contributed by atoms with Gasteiger partial charge in [0, 0.05) is 37.1 Å². The van der Waals surface area contributed by atoms with Crippen LogP contribution in [0.1, 0.15) is 58.4 Å². The molecule has 7 heteroatoms. The van der Waals surface area contributed by atoms with Crippen LogP contribution in [0.25, 0.3) is 0 Å². The number of hydrogen-bond donors (Lipinski definition) is 1. The predicted molar refractivity (Wildman–Crippen MR) is 128 cm³/mol. The molecule has 0 radical (unpaired) electrons. The van der Waals surface area contributed by atoms with Crippen LogP contribution in [0.5, 0.6) is 0 Å². The highest BCUT2D eigenvalue weighted by Crippen LogP contribution is 2.78. The number of ether oxygens (including phenoxy) is 1. The summed E-state index contributed by atoms with van der Waals surface area (Å²) in [6.07, 6.45) is 3.62. The fourth-order valence-electron chi connectivity index (χ4n) is 7.82. The van der Waals surface area contributed by atoms with E-state index >= 15 is 0 Å². The van der Waals surface area contributed by atoms with E-state index in [9.17, 15) is 10.1 Å². The monoisotopic (exact) mass is 465 g/mol. The Balaban J connectivity index is 1.47. The van der Waals surface area contributed by atoms with E-state index in [1.165, 1.54) is 5.56 Å². The van der Waals surface area contributed by atoms with Gasteiger partial charge < -0.3 is 19.4 Å². The molecule has 1 aromatic rings. The first-order valence-electron chi connectivity index (χ1n) is 12.4. The van der Waals surface area contributed by atoms with Crippen LogP contribution in [-0.2, 0) is 19.4 Å². The third-order valence-electron chi connectivity index (χ3n) is 10.2. The SMILES string of the molecule is CC(C)(C)[Si](C)(C)OCC[C@@]12CCC(=O)N3CC[C@@]45c6ccccc6N[C@@H]4[C@](C#N)(C1)O[C@]325. The van der Waals surface area contributed by atoms with Crippen molar-refractivity contribution in [2.75, 3.05) is 18.5 Å². The van der Waals surface area contributed by atoms with Gasteiger partial charge in [0.1, 0.15) is 6.07 Å². The highest BCUT2D eigenvalue weighted by Gasteiger charge is 2.89. The number of nitrogens with zero attached hydrogens (tertiary/aromatic N) is 2. The zero-order valence-corrected chi connectivity index (χ0v) is 21.5. The van der Waals surface area contributed by atoms with Gasteiger partial charge in [0.2, 0.25) is 5.91 Å². The minimum atomic E-state index is -1.90.